The van der Waals surface area contributed by atoms with E-state index in [1.807, 2.05) is 4.90 Å². The van der Waals surface area contributed by atoms with Crippen LogP contribution in [0.5, 0.6) is 0 Å². The lowest BCUT2D eigenvalue weighted by molar-refractivity contribution is 0.0690. The fourth-order valence-electron chi connectivity index (χ4n) is 2.22. The summed E-state index contributed by atoms with van der Waals surface area (Å²) in [4.78, 5) is 15.0. The molecule has 0 bridgehead atoms. The molecular formula is C12H18ClN3OS. The van der Waals surface area contributed by atoms with E-state index in [1.54, 1.807) is 0 Å². The lowest BCUT2D eigenvalue weighted by Gasteiger charge is -2.33. The third-order valence-electron chi connectivity index (χ3n) is 3.32. The number of alkyl halides is 1. The van der Waals surface area contributed by atoms with Crippen molar-refractivity contribution in [2.75, 3.05) is 13.1 Å². The first-order chi connectivity index (χ1) is 8.63. The van der Waals surface area contributed by atoms with E-state index in [-0.39, 0.29) is 11.3 Å². The SMILES string of the molecule is CCCc1nnsc1C(=O)N1CCC(Cl)C(C)C1. The molecule has 1 aromatic rings. The smallest absolute Gasteiger partial charge is 0.267 e. The number of amides is 1. The van der Waals surface area contributed by atoms with Gasteiger partial charge in [0.1, 0.15) is 4.88 Å². The molecule has 0 saturated carbocycles. The highest BCUT2D eigenvalue weighted by Crippen LogP contribution is 2.24. The molecule has 0 N–H and O–H groups in total. The predicted octanol–water partition coefficient (Wildman–Crippen LogP) is 2.58. The largest absolute Gasteiger partial charge is 0.337 e. The highest BCUT2D eigenvalue weighted by Gasteiger charge is 2.29. The number of piperidine rings is 1. The molecule has 2 unspecified atom stereocenters. The standard InChI is InChI=1S/C12H18ClN3OS/c1-3-4-10-11(18-15-14-10)12(17)16-6-5-9(13)8(2)7-16/h8-9H,3-7H2,1-2H3. The van der Waals surface area contributed by atoms with E-state index in [0.29, 0.717) is 10.8 Å². The highest BCUT2D eigenvalue weighted by molar-refractivity contribution is 7.08. The Kier molecular flexibility index (Phi) is 4.56. The number of nitrogens with zero attached hydrogens (tertiary/aromatic N) is 3. The zero-order valence-electron chi connectivity index (χ0n) is 10.7. The minimum atomic E-state index is 0.0730. The molecule has 2 atom stereocenters. The number of likely N-dealkylation sites (tertiary alicyclic amines) is 1. The van der Waals surface area contributed by atoms with E-state index in [2.05, 4.69) is 23.4 Å². The Balaban J connectivity index is 2.09. The maximum atomic E-state index is 12.4. The zero-order chi connectivity index (χ0) is 13.1. The van der Waals surface area contributed by atoms with Crippen LogP contribution in [-0.2, 0) is 6.42 Å². The number of carbonyl (C=O) groups excluding carboxylic acids is 1. The van der Waals surface area contributed by atoms with Gasteiger partial charge in [-0.1, -0.05) is 24.8 Å². The number of rotatable bonds is 3. The summed E-state index contributed by atoms with van der Waals surface area (Å²) >= 11 is 7.39. The van der Waals surface area contributed by atoms with Crippen molar-refractivity contribution in [3.8, 4) is 0 Å². The van der Waals surface area contributed by atoms with Crippen molar-refractivity contribution < 1.29 is 4.79 Å². The van der Waals surface area contributed by atoms with Crippen LogP contribution in [0.1, 0.15) is 42.1 Å². The first-order valence-corrected chi connectivity index (χ1v) is 7.59. The number of hydrogen-bond donors (Lipinski definition) is 0. The monoisotopic (exact) mass is 287 g/mol. The maximum absolute atomic E-state index is 12.4. The second-order valence-corrected chi connectivity index (χ2v) is 6.15. The molecule has 6 heteroatoms. The van der Waals surface area contributed by atoms with Crippen LogP contribution in [0.15, 0.2) is 0 Å². The van der Waals surface area contributed by atoms with Gasteiger partial charge in [0.15, 0.2) is 0 Å². The van der Waals surface area contributed by atoms with Gasteiger partial charge in [0.25, 0.3) is 5.91 Å². The van der Waals surface area contributed by atoms with Crippen LogP contribution in [0.3, 0.4) is 0 Å². The molecule has 0 spiro atoms. The van der Waals surface area contributed by atoms with Gasteiger partial charge in [-0.05, 0) is 30.3 Å². The van der Waals surface area contributed by atoms with Crippen LogP contribution in [0.25, 0.3) is 0 Å². The van der Waals surface area contributed by atoms with Gasteiger partial charge in [-0.3, -0.25) is 4.79 Å². The third kappa shape index (κ3) is 2.83. The van der Waals surface area contributed by atoms with E-state index < -0.39 is 0 Å². The third-order valence-corrected chi connectivity index (χ3v) is 4.73. The Hall–Kier alpha value is -0.680. The number of aromatic nitrogens is 2. The van der Waals surface area contributed by atoms with Crippen LogP contribution in [0, 0.1) is 5.92 Å². The predicted molar refractivity (Wildman–Crippen MR) is 73.2 cm³/mol. The van der Waals surface area contributed by atoms with Gasteiger partial charge in [-0.2, -0.15) is 0 Å². The summed E-state index contributed by atoms with van der Waals surface area (Å²) in [5.41, 5.74) is 0.841. The number of hydrogen-bond acceptors (Lipinski definition) is 4. The van der Waals surface area contributed by atoms with E-state index in [1.165, 1.54) is 11.5 Å². The topological polar surface area (TPSA) is 46.1 Å². The summed E-state index contributed by atoms with van der Waals surface area (Å²) in [7, 11) is 0. The van der Waals surface area contributed by atoms with Gasteiger partial charge in [0.2, 0.25) is 0 Å². The Bertz CT molecular complexity index is 423. The molecular weight excluding hydrogens is 270 g/mol. The van der Waals surface area contributed by atoms with Crippen LogP contribution >= 0.6 is 23.1 Å². The second-order valence-electron chi connectivity index (χ2n) is 4.83. The Labute approximate surface area is 116 Å². The summed E-state index contributed by atoms with van der Waals surface area (Å²) in [6, 6.07) is 0. The molecule has 0 aliphatic carbocycles. The van der Waals surface area contributed by atoms with Crippen molar-refractivity contribution in [1.82, 2.24) is 14.5 Å². The molecule has 100 valence electrons. The molecule has 1 saturated heterocycles. The Morgan fingerprint density at radius 2 is 2.39 bits per heavy atom. The van der Waals surface area contributed by atoms with Crippen molar-refractivity contribution in [3.05, 3.63) is 10.6 Å². The van der Waals surface area contributed by atoms with Crippen LogP contribution in [0.2, 0.25) is 0 Å². The fraction of sp³-hybridized carbons (Fsp3) is 0.750. The summed E-state index contributed by atoms with van der Waals surface area (Å²) in [6.07, 6.45) is 2.66. The van der Waals surface area contributed by atoms with Gasteiger partial charge in [0, 0.05) is 18.5 Å². The summed E-state index contributed by atoms with van der Waals surface area (Å²) in [5.74, 6) is 0.420. The molecule has 4 nitrogen and oxygen atoms in total. The summed E-state index contributed by atoms with van der Waals surface area (Å²) in [5, 5.41) is 4.23. The first kappa shape index (κ1) is 13.7. The van der Waals surface area contributed by atoms with Crippen molar-refractivity contribution in [2.45, 2.75) is 38.5 Å². The lowest BCUT2D eigenvalue weighted by atomic mass is 9.99. The Morgan fingerprint density at radius 1 is 1.61 bits per heavy atom. The molecule has 1 fully saturated rings. The molecule has 2 heterocycles. The molecule has 1 amide bonds. The summed E-state index contributed by atoms with van der Waals surface area (Å²) in [6.45, 7) is 5.64. The van der Waals surface area contributed by atoms with E-state index >= 15 is 0 Å². The van der Waals surface area contributed by atoms with Crippen LogP contribution in [0.4, 0.5) is 0 Å². The summed E-state index contributed by atoms with van der Waals surface area (Å²) < 4.78 is 3.91. The Morgan fingerprint density at radius 3 is 3.06 bits per heavy atom. The minimum absolute atomic E-state index is 0.0730. The van der Waals surface area contributed by atoms with Gasteiger partial charge in [-0.25, -0.2) is 0 Å². The molecule has 1 aromatic heterocycles. The fourth-order valence-corrected chi connectivity index (χ4v) is 3.07. The van der Waals surface area contributed by atoms with Crippen molar-refractivity contribution in [3.63, 3.8) is 0 Å². The van der Waals surface area contributed by atoms with Gasteiger partial charge >= 0.3 is 0 Å². The number of carbonyl (C=O) groups is 1. The number of aryl methyl sites for hydroxylation is 1. The highest BCUT2D eigenvalue weighted by atomic mass is 35.5. The molecule has 0 aromatic carbocycles. The van der Waals surface area contributed by atoms with E-state index in [0.717, 1.165) is 38.0 Å². The lowest BCUT2D eigenvalue weighted by Crippen LogP contribution is -2.43. The average molecular weight is 288 g/mol. The molecule has 18 heavy (non-hydrogen) atoms. The van der Waals surface area contributed by atoms with Crippen molar-refractivity contribution in [1.29, 1.82) is 0 Å². The van der Waals surface area contributed by atoms with Crippen molar-refractivity contribution >= 4 is 29.0 Å². The zero-order valence-corrected chi connectivity index (χ0v) is 12.3. The van der Waals surface area contributed by atoms with Crippen molar-refractivity contribution in [2.24, 2.45) is 5.92 Å². The molecule has 0 radical (unpaired) electrons. The van der Waals surface area contributed by atoms with E-state index in [4.69, 9.17) is 11.6 Å². The second kappa shape index (κ2) is 5.97. The van der Waals surface area contributed by atoms with Gasteiger partial charge in [-0.15, -0.1) is 16.7 Å². The molecule has 1 aliphatic rings. The van der Waals surface area contributed by atoms with Crippen LogP contribution in [-0.4, -0.2) is 38.9 Å². The molecule has 1 aliphatic heterocycles. The average Bonchev–Trinajstić information content (AvgIpc) is 2.80. The van der Waals surface area contributed by atoms with E-state index in [9.17, 15) is 4.79 Å². The maximum Gasteiger partial charge on any atom is 0.267 e. The van der Waals surface area contributed by atoms with Gasteiger partial charge < -0.3 is 4.90 Å². The van der Waals surface area contributed by atoms with Crippen LogP contribution < -0.4 is 0 Å². The van der Waals surface area contributed by atoms with Gasteiger partial charge in [0.05, 0.1) is 5.69 Å². The minimum Gasteiger partial charge on any atom is -0.337 e. The first-order valence-electron chi connectivity index (χ1n) is 6.38. The number of halogens is 1. The molecule has 2 rings (SSSR count). The quantitative estimate of drug-likeness (QED) is 0.803. The normalized spacial score (nSPS) is 24.3.